The summed E-state index contributed by atoms with van der Waals surface area (Å²) in [5.74, 6) is 0.610. The third-order valence-corrected chi connectivity index (χ3v) is 2.28. The molecular weight excluding hydrogens is 126 g/mol. The lowest BCUT2D eigenvalue weighted by Gasteiger charge is -2.30. The molecule has 1 fully saturated rings. The summed E-state index contributed by atoms with van der Waals surface area (Å²) in [5, 5.41) is 3.36. The molecule has 0 bridgehead atoms. The highest BCUT2D eigenvalue weighted by Gasteiger charge is 2.21. The van der Waals surface area contributed by atoms with Gasteiger partial charge < -0.3 is 16.8 Å². The third-order valence-electron chi connectivity index (χ3n) is 2.28. The maximum atomic E-state index is 5.57. The van der Waals surface area contributed by atoms with Gasteiger partial charge in [-0.15, -0.1) is 0 Å². The number of rotatable bonds is 2. The quantitative estimate of drug-likeness (QED) is 0.477. The van der Waals surface area contributed by atoms with Crippen LogP contribution in [0.15, 0.2) is 0 Å². The van der Waals surface area contributed by atoms with Crippen molar-refractivity contribution in [3.05, 3.63) is 0 Å². The first-order valence-corrected chi connectivity index (χ1v) is 4.02. The van der Waals surface area contributed by atoms with Gasteiger partial charge in [-0.2, -0.15) is 0 Å². The van der Waals surface area contributed by atoms with Crippen LogP contribution in [-0.2, 0) is 0 Å². The first-order chi connectivity index (χ1) is 4.88. The molecule has 0 aliphatic carbocycles. The van der Waals surface area contributed by atoms with Gasteiger partial charge in [0, 0.05) is 12.6 Å². The molecule has 1 aliphatic heterocycles. The van der Waals surface area contributed by atoms with Crippen molar-refractivity contribution in [1.29, 1.82) is 0 Å². The minimum atomic E-state index is 0.471. The summed E-state index contributed by atoms with van der Waals surface area (Å²) in [4.78, 5) is 0. The molecule has 3 nitrogen and oxygen atoms in total. The van der Waals surface area contributed by atoms with E-state index in [9.17, 15) is 0 Å². The summed E-state index contributed by atoms with van der Waals surface area (Å²) in [6.45, 7) is 2.61. The normalized spacial score (nSPS) is 34.2. The molecule has 0 spiro atoms. The van der Waals surface area contributed by atoms with E-state index in [-0.39, 0.29) is 0 Å². The Morgan fingerprint density at radius 3 is 2.60 bits per heavy atom. The Morgan fingerprint density at radius 2 is 2.10 bits per heavy atom. The second-order valence-corrected chi connectivity index (χ2v) is 2.93. The molecule has 2 atom stereocenters. The van der Waals surface area contributed by atoms with Gasteiger partial charge in [0.2, 0.25) is 0 Å². The van der Waals surface area contributed by atoms with Gasteiger partial charge in [-0.3, -0.25) is 0 Å². The number of piperidine rings is 1. The minimum absolute atomic E-state index is 0.471. The Labute approximate surface area is 62.2 Å². The lowest BCUT2D eigenvalue weighted by atomic mass is 9.91. The van der Waals surface area contributed by atoms with Crippen LogP contribution in [0.5, 0.6) is 0 Å². The molecule has 0 amide bonds. The first kappa shape index (κ1) is 7.98. The summed E-state index contributed by atoms with van der Waals surface area (Å²) < 4.78 is 0. The Balaban J connectivity index is 2.34. The van der Waals surface area contributed by atoms with Gasteiger partial charge in [-0.05, 0) is 31.8 Å². The van der Waals surface area contributed by atoms with Crippen molar-refractivity contribution >= 4 is 0 Å². The predicted octanol–water partition coefficient (Wildman–Crippen LogP) is -0.728. The molecule has 0 aromatic rings. The Kier molecular flexibility index (Phi) is 3.12. The molecule has 3 heteroatoms. The molecule has 5 N–H and O–H groups in total. The van der Waals surface area contributed by atoms with E-state index in [1.807, 2.05) is 0 Å². The molecule has 1 heterocycles. The average Bonchev–Trinajstić information content (AvgIpc) is 2.04. The zero-order valence-electron chi connectivity index (χ0n) is 6.34. The van der Waals surface area contributed by atoms with Gasteiger partial charge >= 0.3 is 0 Å². The maximum absolute atomic E-state index is 5.57. The van der Waals surface area contributed by atoms with Crippen LogP contribution in [0.2, 0.25) is 0 Å². The maximum Gasteiger partial charge on any atom is 0.0230 e. The Morgan fingerprint density at radius 1 is 1.30 bits per heavy atom. The molecule has 1 rings (SSSR count). The fourth-order valence-electron chi connectivity index (χ4n) is 1.58. The fourth-order valence-corrected chi connectivity index (χ4v) is 1.58. The Bertz CT molecular complexity index is 82.9. The average molecular weight is 143 g/mol. The summed E-state index contributed by atoms with van der Waals surface area (Å²) in [6.07, 6.45) is 2.49. The molecule has 0 aromatic heterocycles. The highest BCUT2D eigenvalue weighted by molar-refractivity contribution is 4.81. The summed E-state index contributed by atoms with van der Waals surface area (Å²) in [7, 11) is 0. The molecule has 1 saturated heterocycles. The smallest absolute Gasteiger partial charge is 0.0230 e. The van der Waals surface area contributed by atoms with Gasteiger partial charge in [0.15, 0.2) is 0 Å². The fraction of sp³-hybridized carbons (Fsp3) is 1.00. The molecule has 0 radical (unpaired) electrons. The lowest BCUT2D eigenvalue weighted by molar-refractivity contribution is 0.291. The monoisotopic (exact) mass is 143 g/mol. The van der Waals surface area contributed by atoms with Crippen molar-refractivity contribution in [2.24, 2.45) is 17.4 Å². The van der Waals surface area contributed by atoms with E-state index < -0.39 is 0 Å². The molecule has 60 valence electrons. The van der Waals surface area contributed by atoms with Crippen molar-refractivity contribution in [3.8, 4) is 0 Å². The van der Waals surface area contributed by atoms with E-state index in [1.54, 1.807) is 0 Å². The van der Waals surface area contributed by atoms with Crippen molar-refractivity contribution in [2.45, 2.75) is 18.9 Å². The van der Waals surface area contributed by atoms with E-state index in [4.69, 9.17) is 11.5 Å². The molecule has 0 aromatic carbocycles. The summed E-state index contributed by atoms with van der Waals surface area (Å²) >= 11 is 0. The lowest BCUT2D eigenvalue weighted by Crippen LogP contribution is -2.48. The van der Waals surface area contributed by atoms with Gasteiger partial charge in [0.25, 0.3) is 0 Å². The van der Waals surface area contributed by atoms with Gasteiger partial charge in [-0.25, -0.2) is 0 Å². The minimum Gasteiger partial charge on any atom is -0.330 e. The van der Waals surface area contributed by atoms with E-state index in [0.29, 0.717) is 12.0 Å². The third kappa shape index (κ3) is 1.68. The SMILES string of the molecule is NCC1CCCNC1CN. The second-order valence-electron chi connectivity index (χ2n) is 2.93. The van der Waals surface area contributed by atoms with Crippen molar-refractivity contribution < 1.29 is 0 Å². The first-order valence-electron chi connectivity index (χ1n) is 4.02. The van der Waals surface area contributed by atoms with E-state index in [0.717, 1.165) is 19.6 Å². The van der Waals surface area contributed by atoms with Crippen LogP contribution in [-0.4, -0.2) is 25.7 Å². The van der Waals surface area contributed by atoms with E-state index in [2.05, 4.69) is 5.32 Å². The number of nitrogens with one attached hydrogen (secondary N) is 1. The van der Waals surface area contributed by atoms with Crippen LogP contribution >= 0.6 is 0 Å². The number of hydrogen-bond donors (Lipinski definition) is 3. The van der Waals surface area contributed by atoms with Crippen LogP contribution in [0.1, 0.15) is 12.8 Å². The standard InChI is InChI=1S/C7H17N3/c8-4-6-2-1-3-10-7(6)5-9/h6-7,10H,1-5,8-9H2. The zero-order chi connectivity index (χ0) is 7.40. The van der Waals surface area contributed by atoms with Crippen LogP contribution in [0.4, 0.5) is 0 Å². The largest absolute Gasteiger partial charge is 0.330 e. The number of hydrogen-bond acceptors (Lipinski definition) is 3. The molecule has 10 heavy (non-hydrogen) atoms. The number of nitrogens with two attached hydrogens (primary N) is 2. The summed E-state index contributed by atoms with van der Waals surface area (Å²) in [6, 6.07) is 0.471. The molecule has 0 saturated carbocycles. The van der Waals surface area contributed by atoms with E-state index >= 15 is 0 Å². The van der Waals surface area contributed by atoms with Crippen LogP contribution in [0, 0.1) is 5.92 Å². The van der Waals surface area contributed by atoms with Crippen molar-refractivity contribution in [3.63, 3.8) is 0 Å². The highest BCUT2D eigenvalue weighted by Crippen LogP contribution is 2.13. The van der Waals surface area contributed by atoms with Gasteiger partial charge in [-0.1, -0.05) is 0 Å². The van der Waals surface area contributed by atoms with Gasteiger partial charge in [0.05, 0.1) is 0 Å². The van der Waals surface area contributed by atoms with E-state index in [1.165, 1.54) is 12.8 Å². The second kappa shape index (κ2) is 3.91. The van der Waals surface area contributed by atoms with Crippen LogP contribution in [0.3, 0.4) is 0 Å². The predicted molar refractivity (Wildman–Crippen MR) is 42.6 cm³/mol. The van der Waals surface area contributed by atoms with Crippen LogP contribution < -0.4 is 16.8 Å². The van der Waals surface area contributed by atoms with Crippen molar-refractivity contribution in [1.82, 2.24) is 5.32 Å². The van der Waals surface area contributed by atoms with Crippen LogP contribution in [0.25, 0.3) is 0 Å². The van der Waals surface area contributed by atoms with Gasteiger partial charge in [0.1, 0.15) is 0 Å². The summed E-state index contributed by atoms with van der Waals surface area (Å²) in [5.41, 5.74) is 11.1. The zero-order valence-corrected chi connectivity index (χ0v) is 6.34. The Hall–Kier alpha value is -0.120. The molecule has 1 aliphatic rings. The highest BCUT2D eigenvalue weighted by atomic mass is 15.0. The topological polar surface area (TPSA) is 64.1 Å². The van der Waals surface area contributed by atoms with Crippen molar-refractivity contribution in [2.75, 3.05) is 19.6 Å². The molecular formula is C7H17N3. The molecule has 2 unspecified atom stereocenters.